The Morgan fingerprint density at radius 1 is 1.32 bits per heavy atom. The fraction of sp³-hybridized carbons (Fsp3) is 0.529. The Labute approximate surface area is 116 Å². The second-order valence-electron chi connectivity index (χ2n) is 6.25. The molecule has 2 heteroatoms. The van der Waals surface area contributed by atoms with Crippen molar-refractivity contribution >= 4 is 5.57 Å². The highest BCUT2D eigenvalue weighted by Crippen LogP contribution is 2.41. The van der Waals surface area contributed by atoms with Crippen LogP contribution in [0.1, 0.15) is 45.6 Å². The number of ether oxygens (including phenoxy) is 1. The van der Waals surface area contributed by atoms with Crippen LogP contribution in [0.5, 0.6) is 5.75 Å². The Morgan fingerprint density at radius 2 is 2.05 bits per heavy atom. The molecular weight excluding hydrogens is 234 g/mol. The molecule has 0 aliphatic heterocycles. The van der Waals surface area contributed by atoms with Gasteiger partial charge in [0, 0.05) is 11.6 Å². The first-order chi connectivity index (χ1) is 9.02. The molecule has 0 spiro atoms. The molecule has 1 aliphatic rings. The normalized spacial score (nSPS) is 21.9. The van der Waals surface area contributed by atoms with Gasteiger partial charge in [-0.3, -0.25) is 0 Å². The van der Waals surface area contributed by atoms with Gasteiger partial charge in [-0.05, 0) is 36.3 Å². The lowest BCUT2D eigenvalue weighted by molar-refractivity contribution is 0.309. The van der Waals surface area contributed by atoms with E-state index in [9.17, 15) is 0 Å². The maximum atomic E-state index is 6.17. The predicted molar refractivity (Wildman–Crippen MR) is 81.2 cm³/mol. The number of hydrogen-bond acceptors (Lipinski definition) is 2. The van der Waals surface area contributed by atoms with Crippen molar-refractivity contribution in [1.82, 2.24) is 0 Å². The van der Waals surface area contributed by atoms with Crippen molar-refractivity contribution in [3.05, 3.63) is 35.9 Å². The van der Waals surface area contributed by atoms with E-state index in [0.29, 0.717) is 0 Å². The Hall–Kier alpha value is -1.28. The number of hydrogen-bond donors (Lipinski definition) is 1. The Kier molecular flexibility index (Phi) is 4.31. The number of allylic oxidation sites excluding steroid dienone is 1. The first kappa shape index (κ1) is 14.1. The summed E-state index contributed by atoms with van der Waals surface area (Å²) in [6, 6.07) is 8.45. The van der Waals surface area contributed by atoms with E-state index in [0.717, 1.165) is 31.6 Å². The van der Waals surface area contributed by atoms with Gasteiger partial charge in [0.1, 0.15) is 5.75 Å². The zero-order valence-electron chi connectivity index (χ0n) is 12.3. The minimum Gasteiger partial charge on any atom is -0.493 e. The highest BCUT2D eigenvalue weighted by Gasteiger charge is 2.28. The molecule has 0 heterocycles. The molecule has 2 nitrogen and oxygen atoms in total. The lowest BCUT2D eigenvalue weighted by atomic mass is 9.74. The van der Waals surface area contributed by atoms with Gasteiger partial charge in [-0.1, -0.05) is 45.0 Å². The quantitative estimate of drug-likeness (QED) is 0.886. The largest absolute Gasteiger partial charge is 0.493 e. The topological polar surface area (TPSA) is 35.2 Å². The van der Waals surface area contributed by atoms with Crippen molar-refractivity contribution in [2.75, 3.05) is 6.61 Å². The van der Waals surface area contributed by atoms with Gasteiger partial charge in [-0.25, -0.2) is 0 Å². The molecule has 0 amide bonds. The third kappa shape index (κ3) is 3.60. The van der Waals surface area contributed by atoms with Crippen molar-refractivity contribution in [3.8, 4) is 5.75 Å². The first-order valence-corrected chi connectivity index (χ1v) is 7.20. The molecule has 0 saturated heterocycles. The van der Waals surface area contributed by atoms with Crippen LogP contribution in [0.2, 0.25) is 0 Å². The summed E-state index contributed by atoms with van der Waals surface area (Å²) in [5.41, 5.74) is 8.97. The van der Waals surface area contributed by atoms with E-state index in [1.807, 2.05) is 6.07 Å². The zero-order chi connectivity index (χ0) is 13.9. The summed E-state index contributed by atoms with van der Waals surface area (Å²) in [6.07, 6.45) is 5.35. The second kappa shape index (κ2) is 5.79. The van der Waals surface area contributed by atoms with Gasteiger partial charge in [-0.2, -0.15) is 0 Å². The van der Waals surface area contributed by atoms with Crippen LogP contribution in [-0.2, 0) is 0 Å². The number of nitrogens with two attached hydrogens (primary N) is 1. The monoisotopic (exact) mass is 259 g/mol. The molecule has 1 unspecified atom stereocenters. The van der Waals surface area contributed by atoms with Crippen LogP contribution in [0.15, 0.2) is 30.3 Å². The highest BCUT2D eigenvalue weighted by molar-refractivity contribution is 5.72. The number of rotatable bonds is 4. The second-order valence-corrected chi connectivity index (χ2v) is 6.25. The van der Waals surface area contributed by atoms with Crippen LogP contribution in [0.3, 0.4) is 0 Å². The van der Waals surface area contributed by atoms with Crippen LogP contribution >= 0.6 is 0 Å². The average molecular weight is 259 g/mol. The third-order valence-electron chi connectivity index (χ3n) is 3.57. The van der Waals surface area contributed by atoms with Gasteiger partial charge < -0.3 is 10.5 Å². The SMILES string of the molecule is CCCOc1ccccc1C1=CC(N)CC(C)(C)C1. The fourth-order valence-electron chi connectivity index (χ4n) is 2.86. The van der Waals surface area contributed by atoms with Gasteiger partial charge in [0.25, 0.3) is 0 Å². The van der Waals surface area contributed by atoms with E-state index in [1.54, 1.807) is 0 Å². The third-order valence-corrected chi connectivity index (χ3v) is 3.57. The number of para-hydroxylation sites is 1. The molecular formula is C17H25NO. The van der Waals surface area contributed by atoms with Crippen molar-refractivity contribution < 1.29 is 4.74 Å². The van der Waals surface area contributed by atoms with Crippen LogP contribution in [0.4, 0.5) is 0 Å². The Bertz CT molecular complexity index is 462. The van der Waals surface area contributed by atoms with Gasteiger partial charge in [0.2, 0.25) is 0 Å². The molecule has 2 rings (SSSR count). The van der Waals surface area contributed by atoms with Crippen LogP contribution in [0, 0.1) is 5.41 Å². The molecule has 1 aliphatic carbocycles. The molecule has 104 valence electrons. The van der Waals surface area contributed by atoms with Crippen molar-refractivity contribution in [3.63, 3.8) is 0 Å². The van der Waals surface area contributed by atoms with E-state index in [2.05, 4.69) is 45.0 Å². The van der Waals surface area contributed by atoms with Gasteiger partial charge in [0.15, 0.2) is 0 Å². The lowest BCUT2D eigenvalue weighted by Crippen LogP contribution is -2.30. The summed E-state index contributed by atoms with van der Waals surface area (Å²) in [6.45, 7) is 7.46. The van der Waals surface area contributed by atoms with E-state index in [-0.39, 0.29) is 11.5 Å². The Balaban J connectivity index is 2.30. The molecule has 1 atom stereocenters. The minimum absolute atomic E-state index is 0.151. The van der Waals surface area contributed by atoms with E-state index in [4.69, 9.17) is 10.5 Å². The van der Waals surface area contributed by atoms with Gasteiger partial charge in [0.05, 0.1) is 6.61 Å². The molecule has 1 aromatic carbocycles. The number of benzene rings is 1. The Morgan fingerprint density at radius 3 is 2.74 bits per heavy atom. The van der Waals surface area contributed by atoms with Crippen LogP contribution in [-0.4, -0.2) is 12.6 Å². The summed E-state index contributed by atoms with van der Waals surface area (Å²) in [7, 11) is 0. The fourth-order valence-corrected chi connectivity index (χ4v) is 2.86. The highest BCUT2D eigenvalue weighted by atomic mass is 16.5. The maximum Gasteiger partial charge on any atom is 0.126 e. The summed E-state index contributed by atoms with van der Waals surface area (Å²) >= 11 is 0. The van der Waals surface area contributed by atoms with Crippen molar-refractivity contribution in [2.24, 2.45) is 11.1 Å². The van der Waals surface area contributed by atoms with Crippen LogP contribution in [0.25, 0.3) is 5.57 Å². The smallest absolute Gasteiger partial charge is 0.126 e. The van der Waals surface area contributed by atoms with Crippen LogP contribution < -0.4 is 10.5 Å². The summed E-state index contributed by atoms with van der Waals surface area (Å²) in [4.78, 5) is 0. The first-order valence-electron chi connectivity index (χ1n) is 7.20. The summed E-state index contributed by atoms with van der Waals surface area (Å²) < 4.78 is 5.86. The zero-order valence-corrected chi connectivity index (χ0v) is 12.3. The molecule has 0 bridgehead atoms. The predicted octanol–water partition coefficient (Wildman–Crippen LogP) is 4.01. The average Bonchev–Trinajstić information content (AvgIpc) is 2.34. The molecule has 0 fully saturated rings. The molecule has 1 aromatic rings. The summed E-state index contributed by atoms with van der Waals surface area (Å²) in [5.74, 6) is 0.987. The molecule has 0 saturated carbocycles. The molecule has 2 N–H and O–H groups in total. The van der Waals surface area contributed by atoms with Crippen molar-refractivity contribution in [2.45, 2.75) is 46.1 Å². The minimum atomic E-state index is 0.151. The maximum absolute atomic E-state index is 6.17. The lowest BCUT2D eigenvalue weighted by Gasteiger charge is -2.33. The molecule has 0 radical (unpaired) electrons. The summed E-state index contributed by atoms with van der Waals surface area (Å²) in [5, 5.41) is 0. The van der Waals surface area contributed by atoms with E-state index >= 15 is 0 Å². The van der Waals surface area contributed by atoms with Crippen molar-refractivity contribution in [1.29, 1.82) is 0 Å². The standard InChI is InChI=1S/C17H25NO/c1-4-9-19-16-8-6-5-7-15(16)13-10-14(18)12-17(2,3)11-13/h5-8,10,14H,4,9,11-12,18H2,1-3H3. The van der Waals surface area contributed by atoms with E-state index < -0.39 is 0 Å². The molecule has 19 heavy (non-hydrogen) atoms. The van der Waals surface area contributed by atoms with E-state index in [1.165, 1.54) is 11.1 Å². The molecule has 0 aromatic heterocycles. The van der Waals surface area contributed by atoms with Gasteiger partial charge in [-0.15, -0.1) is 0 Å². The van der Waals surface area contributed by atoms with Gasteiger partial charge >= 0.3 is 0 Å².